The fraction of sp³-hybridized carbons (Fsp3) is 0.261. The summed E-state index contributed by atoms with van der Waals surface area (Å²) in [7, 11) is 0. The second-order valence-electron chi connectivity index (χ2n) is 8.04. The fourth-order valence-electron chi connectivity index (χ4n) is 3.70. The standard InChI is InChI=1S/C23H22F3N5O2/c1-14-13-27-20(28-14)22(9-4-10-22)31-21(33)30-17-7-2-5-15(11-17)19(32)29-18-8-3-6-16(12-18)23(24,25)26/h2-3,5-8,11-13H,4,9-10H2,1H3,(H,27,28)(H,29,32)(H2,30,31,33). The zero-order chi connectivity index (χ0) is 23.6. The van der Waals surface area contributed by atoms with Gasteiger partial charge < -0.3 is 20.9 Å². The molecule has 4 N–H and O–H groups in total. The van der Waals surface area contributed by atoms with E-state index in [9.17, 15) is 22.8 Å². The summed E-state index contributed by atoms with van der Waals surface area (Å²) in [6.07, 6.45) is -0.323. The molecule has 7 nitrogen and oxygen atoms in total. The minimum atomic E-state index is -4.51. The lowest BCUT2D eigenvalue weighted by atomic mass is 9.76. The first-order valence-corrected chi connectivity index (χ1v) is 10.3. The quantitative estimate of drug-likeness (QED) is 0.424. The van der Waals surface area contributed by atoms with Crippen LogP contribution in [0.25, 0.3) is 0 Å². The predicted octanol–water partition coefficient (Wildman–Crippen LogP) is 5.19. The largest absolute Gasteiger partial charge is 0.416 e. The van der Waals surface area contributed by atoms with Crippen molar-refractivity contribution in [3.05, 3.63) is 77.4 Å². The Morgan fingerprint density at radius 1 is 1.03 bits per heavy atom. The molecule has 172 valence electrons. The molecule has 33 heavy (non-hydrogen) atoms. The van der Waals surface area contributed by atoms with Crippen LogP contribution in [0.2, 0.25) is 0 Å². The van der Waals surface area contributed by atoms with E-state index in [2.05, 4.69) is 25.9 Å². The number of nitrogens with one attached hydrogen (secondary N) is 4. The highest BCUT2D eigenvalue weighted by molar-refractivity contribution is 6.05. The zero-order valence-corrected chi connectivity index (χ0v) is 17.7. The third-order valence-corrected chi connectivity index (χ3v) is 5.55. The van der Waals surface area contributed by atoms with E-state index in [0.717, 1.165) is 37.1 Å². The number of H-pyrrole nitrogens is 1. The lowest BCUT2D eigenvalue weighted by Gasteiger charge is -2.40. The first-order valence-electron chi connectivity index (χ1n) is 10.3. The van der Waals surface area contributed by atoms with Crippen LogP contribution in [-0.2, 0) is 11.7 Å². The van der Waals surface area contributed by atoms with Crippen LogP contribution in [-0.4, -0.2) is 21.9 Å². The van der Waals surface area contributed by atoms with E-state index in [1.54, 1.807) is 18.3 Å². The summed E-state index contributed by atoms with van der Waals surface area (Å²) >= 11 is 0. The molecular weight excluding hydrogens is 435 g/mol. The summed E-state index contributed by atoms with van der Waals surface area (Å²) < 4.78 is 38.7. The smallest absolute Gasteiger partial charge is 0.344 e. The van der Waals surface area contributed by atoms with Gasteiger partial charge in [-0.05, 0) is 62.6 Å². The average molecular weight is 457 g/mol. The minimum absolute atomic E-state index is 0.0200. The number of nitrogens with zero attached hydrogens (tertiary/aromatic N) is 1. The van der Waals surface area contributed by atoms with Gasteiger partial charge in [0.05, 0.1) is 11.1 Å². The van der Waals surface area contributed by atoms with E-state index >= 15 is 0 Å². The molecule has 0 bridgehead atoms. The van der Waals surface area contributed by atoms with Gasteiger partial charge in [0.15, 0.2) is 0 Å². The number of benzene rings is 2. The number of anilines is 2. The normalized spacial score (nSPS) is 14.8. The summed E-state index contributed by atoms with van der Waals surface area (Å²) in [6, 6.07) is 10.1. The Kier molecular flexibility index (Phi) is 5.84. The van der Waals surface area contributed by atoms with Gasteiger partial charge >= 0.3 is 12.2 Å². The second kappa shape index (κ2) is 8.61. The van der Waals surface area contributed by atoms with Crippen molar-refractivity contribution in [1.29, 1.82) is 0 Å². The van der Waals surface area contributed by atoms with Crippen molar-refractivity contribution in [2.24, 2.45) is 0 Å². The molecule has 1 aromatic heterocycles. The highest BCUT2D eigenvalue weighted by Gasteiger charge is 2.42. The Balaban J connectivity index is 1.42. The molecule has 1 aliphatic carbocycles. The summed E-state index contributed by atoms with van der Waals surface area (Å²) in [6.45, 7) is 1.89. The first kappa shape index (κ1) is 22.4. The maximum atomic E-state index is 12.9. The molecule has 0 unspecified atom stereocenters. The topological polar surface area (TPSA) is 98.9 Å². The number of aryl methyl sites for hydroxylation is 1. The molecule has 3 amide bonds. The summed E-state index contributed by atoms with van der Waals surface area (Å²) in [5.74, 6) is 0.107. The van der Waals surface area contributed by atoms with Gasteiger partial charge in [0.25, 0.3) is 5.91 Å². The Morgan fingerprint density at radius 3 is 2.33 bits per heavy atom. The van der Waals surface area contributed by atoms with Gasteiger partial charge in [-0.15, -0.1) is 0 Å². The highest BCUT2D eigenvalue weighted by Crippen LogP contribution is 2.39. The third-order valence-electron chi connectivity index (χ3n) is 5.55. The molecule has 1 saturated carbocycles. The van der Waals surface area contributed by atoms with Crippen LogP contribution in [0.15, 0.2) is 54.7 Å². The molecule has 0 spiro atoms. The fourth-order valence-corrected chi connectivity index (χ4v) is 3.70. The van der Waals surface area contributed by atoms with Gasteiger partial charge in [-0.3, -0.25) is 4.79 Å². The molecule has 1 aliphatic rings. The van der Waals surface area contributed by atoms with E-state index in [-0.39, 0.29) is 11.3 Å². The van der Waals surface area contributed by atoms with Crippen LogP contribution in [0.4, 0.5) is 29.3 Å². The van der Waals surface area contributed by atoms with Crippen LogP contribution >= 0.6 is 0 Å². The number of aromatic nitrogens is 2. The Labute approximate surface area is 187 Å². The van der Waals surface area contributed by atoms with E-state index < -0.39 is 29.2 Å². The van der Waals surface area contributed by atoms with Gasteiger partial charge in [0.1, 0.15) is 5.82 Å². The summed E-state index contributed by atoms with van der Waals surface area (Å²) in [5.41, 5.74) is 0.0600. The number of amides is 3. The van der Waals surface area contributed by atoms with E-state index in [0.29, 0.717) is 11.5 Å². The maximum Gasteiger partial charge on any atom is 0.416 e. The van der Waals surface area contributed by atoms with Crippen LogP contribution in [0, 0.1) is 6.92 Å². The van der Waals surface area contributed by atoms with Gasteiger partial charge in [0, 0.05) is 28.8 Å². The first-order chi connectivity index (χ1) is 15.6. The summed E-state index contributed by atoms with van der Waals surface area (Å²) in [5, 5.41) is 8.13. The Hall–Kier alpha value is -3.82. The van der Waals surface area contributed by atoms with Crippen molar-refractivity contribution in [3.63, 3.8) is 0 Å². The Morgan fingerprint density at radius 2 is 1.73 bits per heavy atom. The van der Waals surface area contributed by atoms with Crippen LogP contribution < -0.4 is 16.0 Å². The summed E-state index contributed by atoms with van der Waals surface area (Å²) in [4.78, 5) is 32.7. The molecule has 10 heteroatoms. The third kappa shape index (κ3) is 5.00. The molecule has 1 fully saturated rings. The highest BCUT2D eigenvalue weighted by atomic mass is 19.4. The monoisotopic (exact) mass is 457 g/mol. The number of aromatic amines is 1. The number of halogens is 3. The molecule has 0 saturated heterocycles. The number of alkyl halides is 3. The Bertz CT molecular complexity index is 1180. The van der Waals surface area contributed by atoms with Crippen LogP contribution in [0.5, 0.6) is 0 Å². The molecule has 0 aliphatic heterocycles. The molecule has 4 rings (SSSR count). The molecule has 0 atom stereocenters. The molecule has 1 heterocycles. The maximum absolute atomic E-state index is 12.9. The lowest BCUT2D eigenvalue weighted by Crippen LogP contribution is -2.52. The second-order valence-corrected chi connectivity index (χ2v) is 8.04. The van der Waals surface area contributed by atoms with E-state index in [4.69, 9.17) is 0 Å². The lowest BCUT2D eigenvalue weighted by molar-refractivity contribution is -0.137. The van der Waals surface area contributed by atoms with Crippen LogP contribution in [0.1, 0.15) is 46.7 Å². The number of carbonyl (C=O) groups excluding carboxylic acids is 2. The van der Waals surface area contributed by atoms with Gasteiger partial charge in [-0.2, -0.15) is 13.2 Å². The number of carbonyl (C=O) groups is 2. The van der Waals surface area contributed by atoms with Crippen molar-refractivity contribution >= 4 is 23.3 Å². The molecule has 2 aromatic carbocycles. The molecule has 3 aromatic rings. The van der Waals surface area contributed by atoms with Crippen molar-refractivity contribution in [1.82, 2.24) is 15.3 Å². The number of hydrogen-bond acceptors (Lipinski definition) is 3. The van der Waals surface area contributed by atoms with Crippen LogP contribution in [0.3, 0.4) is 0 Å². The van der Waals surface area contributed by atoms with Crippen molar-refractivity contribution in [2.45, 2.75) is 37.9 Å². The molecule has 0 radical (unpaired) electrons. The van der Waals surface area contributed by atoms with Gasteiger partial charge in [0.2, 0.25) is 0 Å². The number of rotatable bonds is 5. The van der Waals surface area contributed by atoms with Crippen molar-refractivity contribution in [2.75, 3.05) is 10.6 Å². The SMILES string of the molecule is Cc1cnc(C2(NC(=O)Nc3cccc(C(=O)Nc4cccc(C(F)(F)F)c4)c3)CCC2)[nH]1. The number of hydrogen-bond donors (Lipinski definition) is 4. The average Bonchev–Trinajstić information content (AvgIpc) is 3.17. The van der Waals surface area contributed by atoms with E-state index in [1.165, 1.54) is 24.3 Å². The van der Waals surface area contributed by atoms with Crippen molar-refractivity contribution in [3.8, 4) is 0 Å². The van der Waals surface area contributed by atoms with E-state index in [1.807, 2.05) is 6.92 Å². The van der Waals surface area contributed by atoms with Gasteiger partial charge in [-0.25, -0.2) is 9.78 Å². The molecular formula is C23H22F3N5O2. The van der Waals surface area contributed by atoms with Crippen molar-refractivity contribution < 1.29 is 22.8 Å². The number of imidazole rings is 1. The minimum Gasteiger partial charge on any atom is -0.344 e. The predicted molar refractivity (Wildman–Crippen MR) is 117 cm³/mol. The number of urea groups is 1. The zero-order valence-electron chi connectivity index (χ0n) is 17.7. The van der Waals surface area contributed by atoms with Gasteiger partial charge in [-0.1, -0.05) is 12.1 Å².